The molecule has 0 spiro atoms. The minimum atomic E-state index is 0.267. The number of fused-ring (bicyclic) bond motifs is 3. The molecule has 1 radical (unpaired) electrons. The van der Waals surface area contributed by atoms with Crippen LogP contribution in [0.2, 0.25) is 0 Å². The molecule has 0 bridgehead atoms. The smallest absolute Gasteiger partial charge is 0.209 e. The second-order valence-corrected chi connectivity index (χ2v) is 4.90. The molecule has 18 heavy (non-hydrogen) atoms. The van der Waals surface area contributed by atoms with Crippen LogP contribution in [0.5, 0.6) is 0 Å². The van der Waals surface area contributed by atoms with Gasteiger partial charge in [-0.15, -0.1) is 10.2 Å². The van der Waals surface area contributed by atoms with Crippen LogP contribution in [0.1, 0.15) is 5.56 Å². The maximum absolute atomic E-state index is 10.4. The van der Waals surface area contributed by atoms with Gasteiger partial charge in [0.25, 0.3) is 0 Å². The van der Waals surface area contributed by atoms with Crippen molar-refractivity contribution in [3.05, 3.63) is 35.9 Å². The van der Waals surface area contributed by atoms with Crippen molar-refractivity contribution in [2.24, 2.45) is 0 Å². The number of rotatable bonds is 3. The van der Waals surface area contributed by atoms with E-state index in [0.29, 0.717) is 0 Å². The van der Waals surface area contributed by atoms with Gasteiger partial charge in [0, 0.05) is 5.39 Å². The van der Waals surface area contributed by atoms with E-state index in [-0.39, 0.29) is 5.75 Å². The number of aromatic nitrogens is 3. The average Bonchev–Trinajstić information content (AvgIpc) is 2.80. The zero-order chi connectivity index (χ0) is 12.5. The number of para-hydroxylation sites is 1. The summed E-state index contributed by atoms with van der Waals surface area (Å²) in [6, 6.07) is 10.1. The van der Waals surface area contributed by atoms with Crippen LogP contribution in [-0.2, 0) is 4.79 Å². The summed E-state index contributed by atoms with van der Waals surface area (Å²) >= 11 is 1.34. The highest BCUT2D eigenvalue weighted by molar-refractivity contribution is 7.99. The van der Waals surface area contributed by atoms with E-state index in [4.69, 9.17) is 0 Å². The molecule has 0 fully saturated rings. The van der Waals surface area contributed by atoms with Crippen LogP contribution in [0.25, 0.3) is 16.6 Å². The first-order valence-corrected chi connectivity index (χ1v) is 6.51. The Hall–Kier alpha value is -1.88. The largest absolute Gasteiger partial charge is 0.290 e. The molecule has 89 valence electrons. The quantitative estimate of drug-likeness (QED) is 0.675. The zero-order valence-corrected chi connectivity index (χ0v) is 10.6. The fraction of sp³-hybridized carbons (Fsp3) is 0.154. The number of hydrogen-bond donors (Lipinski definition) is 0. The summed E-state index contributed by atoms with van der Waals surface area (Å²) in [5, 5.41) is 10.2. The third-order valence-corrected chi connectivity index (χ3v) is 3.62. The second-order valence-electron chi connectivity index (χ2n) is 3.95. The predicted octanol–water partition coefficient (Wildman–Crippen LogP) is 2.39. The van der Waals surface area contributed by atoms with Crippen molar-refractivity contribution in [3.63, 3.8) is 0 Å². The molecule has 0 aliphatic rings. The Bertz CT molecular complexity index is 736. The third kappa shape index (κ3) is 1.67. The van der Waals surface area contributed by atoms with E-state index in [1.165, 1.54) is 22.7 Å². The minimum Gasteiger partial charge on any atom is -0.290 e. The molecule has 0 aliphatic carbocycles. The van der Waals surface area contributed by atoms with E-state index in [1.54, 1.807) is 0 Å². The Morgan fingerprint density at radius 2 is 2.17 bits per heavy atom. The van der Waals surface area contributed by atoms with Crippen molar-refractivity contribution in [2.45, 2.75) is 12.1 Å². The van der Waals surface area contributed by atoms with Crippen molar-refractivity contribution in [3.8, 4) is 0 Å². The van der Waals surface area contributed by atoms with Gasteiger partial charge in [0.1, 0.15) is 0 Å². The maximum atomic E-state index is 10.4. The van der Waals surface area contributed by atoms with Crippen LogP contribution >= 0.6 is 11.8 Å². The molecule has 0 aliphatic heterocycles. The van der Waals surface area contributed by atoms with Crippen LogP contribution < -0.4 is 0 Å². The lowest BCUT2D eigenvalue weighted by Gasteiger charge is -2.06. The molecule has 0 atom stereocenters. The first kappa shape index (κ1) is 11.2. The first-order chi connectivity index (χ1) is 8.81. The van der Waals surface area contributed by atoms with Crippen LogP contribution in [0.15, 0.2) is 35.5 Å². The summed E-state index contributed by atoms with van der Waals surface area (Å²) in [5.41, 5.74) is 3.04. The van der Waals surface area contributed by atoms with Crippen LogP contribution in [0.3, 0.4) is 0 Å². The number of hydrogen-bond acceptors (Lipinski definition) is 4. The molecular weight excluding hydrogens is 246 g/mol. The van der Waals surface area contributed by atoms with Crippen molar-refractivity contribution >= 4 is 34.6 Å². The molecule has 0 N–H and O–H groups in total. The van der Waals surface area contributed by atoms with E-state index in [0.717, 1.165) is 16.3 Å². The third-order valence-electron chi connectivity index (χ3n) is 2.83. The van der Waals surface area contributed by atoms with E-state index >= 15 is 0 Å². The molecule has 0 unspecified atom stereocenters. The first-order valence-electron chi connectivity index (χ1n) is 5.52. The van der Waals surface area contributed by atoms with E-state index < -0.39 is 0 Å². The molecular formula is C13H10N3OS. The molecule has 5 heteroatoms. The number of benzene rings is 1. The fourth-order valence-corrected chi connectivity index (χ4v) is 2.67. The Kier molecular flexibility index (Phi) is 2.76. The number of pyridine rings is 1. The highest BCUT2D eigenvalue weighted by Gasteiger charge is 2.10. The topological polar surface area (TPSA) is 47.3 Å². The number of nitrogens with zero attached hydrogens (tertiary/aromatic N) is 3. The maximum Gasteiger partial charge on any atom is 0.209 e. The molecule has 0 saturated carbocycles. The Balaban J connectivity index is 2.35. The van der Waals surface area contributed by atoms with Crippen LogP contribution in [0.4, 0.5) is 0 Å². The van der Waals surface area contributed by atoms with Crippen LogP contribution in [0, 0.1) is 6.92 Å². The van der Waals surface area contributed by atoms with Crippen molar-refractivity contribution in [1.82, 2.24) is 14.6 Å². The number of aryl methyl sites for hydroxylation is 1. The summed E-state index contributed by atoms with van der Waals surface area (Å²) in [7, 11) is 0. The van der Waals surface area contributed by atoms with E-state index in [1.807, 2.05) is 35.0 Å². The van der Waals surface area contributed by atoms with E-state index in [2.05, 4.69) is 23.2 Å². The van der Waals surface area contributed by atoms with Gasteiger partial charge in [0.2, 0.25) is 6.29 Å². The average molecular weight is 256 g/mol. The standard InChI is InChI=1S/C13H10N3OS/c1-9-8-12-14-15-13(18-7-6-17)16(12)11-5-3-2-4-10(9)11/h2-5,8H,7H2,1H3. The van der Waals surface area contributed by atoms with Gasteiger partial charge in [0.05, 0.1) is 11.3 Å². The highest BCUT2D eigenvalue weighted by atomic mass is 32.2. The molecule has 4 nitrogen and oxygen atoms in total. The number of thioether (sulfide) groups is 1. The summed E-state index contributed by atoms with van der Waals surface area (Å²) in [4.78, 5) is 10.4. The van der Waals surface area contributed by atoms with Gasteiger partial charge in [-0.2, -0.15) is 0 Å². The lowest BCUT2D eigenvalue weighted by atomic mass is 10.1. The molecule has 0 amide bonds. The molecule has 3 aromatic rings. The molecule has 3 rings (SSSR count). The molecule has 0 saturated heterocycles. The normalized spacial score (nSPS) is 11.2. The summed E-state index contributed by atoms with van der Waals surface area (Å²) in [6.07, 6.45) is 1.86. The molecule has 2 aromatic heterocycles. The number of carbonyl (C=O) groups excluding carboxylic acids is 1. The summed E-state index contributed by atoms with van der Waals surface area (Å²) < 4.78 is 1.98. The van der Waals surface area contributed by atoms with Gasteiger partial charge in [0.15, 0.2) is 10.8 Å². The van der Waals surface area contributed by atoms with Gasteiger partial charge in [-0.05, 0) is 24.6 Å². The fourth-order valence-electron chi connectivity index (χ4n) is 2.06. The molecule has 1 aromatic carbocycles. The van der Waals surface area contributed by atoms with Gasteiger partial charge >= 0.3 is 0 Å². The zero-order valence-electron chi connectivity index (χ0n) is 9.75. The lowest BCUT2D eigenvalue weighted by molar-refractivity contribution is 0.560. The van der Waals surface area contributed by atoms with Crippen LogP contribution in [-0.4, -0.2) is 26.6 Å². The van der Waals surface area contributed by atoms with Gasteiger partial charge in [-0.3, -0.25) is 9.20 Å². The SMILES string of the molecule is Cc1cc2nnc(SC[C]=O)n2c2ccccc12. The second kappa shape index (κ2) is 4.42. The van der Waals surface area contributed by atoms with Crippen molar-refractivity contribution in [2.75, 3.05) is 5.75 Å². The van der Waals surface area contributed by atoms with E-state index in [9.17, 15) is 4.79 Å². The highest BCUT2D eigenvalue weighted by Crippen LogP contribution is 2.25. The summed E-state index contributed by atoms with van der Waals surface area (Å²) in [6.45, 7) is 2.06. The van der Waals surface area contributed by atoms with Gasteiger partial charge in [-0.25, -0.2) is 0 Å². The predicted molar refractivity (Wildman–Crippen MR) is 71.6 cm³/mol. The minimum absolute atomic E-state index is 0.267. The Labute approximate surface area is 108 Å². The lowest BCUT2D eigenvalue weighted by Crippen LogP contribution is -1.93. The monoisotopic (exact) mass is 256 g/mol. The van der Waals surface area contributed by atoms with Gasteiger partial charge in [-0.1, -0.05) is 30.0 Å². The van der Waals surface area contributed by atoms with Crippen molar-refractivity contribution in [1.29, 1.82) is 0 Å². The Morgan fingerprint density at radius 1 is 1.33 bits per heavy atom. The Morgan fingerprint density at radius 3 is 3.00 bits per heavy atom. The molecule has 2 heterocycles. The van der Waals surface area contributed by atoms with Gasteiger partial charge < -0.3 is 0 Å². The summed E-state index contributed by atoms with van der Waals surface area (Å²) in [5.74, 6) is 0.267. The van der Waals surface area contributed by atoms with Crippen molar-refractivity contribution < 1.29 is 4.79 Å².